The molecule has 5 rings (SSSR count). The Labute approximate surface area is 258 Å². The van der Waals surface area contributed by atoms with E-state index in [0.29, 0.717) is 5.56 Å². The number of carbonyl (C=O) groups is 1. The van der Waals surface area contributed by atoms with Gasteiger partial charge in [-0.25, -0.2) is 0 Å². The van der Waals surface area contributed by atoms with E-state index in [4.69, 9.17) is 6.42 Å². The number of benzene rings is 4. The molecule has 3 heteroatoms. The predicted molar refractivity (Wildman–Crippen MR) is 186 cm³/mol. The average molecular weight is 613 g/mol. The van der Waals surface area contributed by atoms with Crippen LogP contribution in [0.1, 0.15) is 71.3 Å². The Morgan fingerprint density at radius 3 is 1.56 bits per heavy atom. The molecule has 4 aromatic carbocycles. The van der Waals surface area contributed by atoms with Gasteiger partial charge in [-0.3, -0.25) is 9.78 Å². The first-order valence-electron chi connectivity index (χ1n) is 14.3. The molecule has 0 bridgehead atoms. The van der Waals surface area contributed by atoms with E-state index in [-0.39, 0.29) is 0 Å². The maximum Gasteiger partial charge on any atom is 0.151 e. The zero-order valence-corrected chi connectivity index (χ0v) is 27.5. The fourth-order valence-electron chi connectivity index (χ4n) is 2.96. The minimum atomic E-state index is 0.692. The Balaban J connectivity index is 0. The quantitative estimate of drug-likeness (QED) is 0.147. The number of fused-ring (bicyclic) bond motifs is 1. The number of terminal acetylenes is 1. The normalized spacial score (nSPS) is 8.20. The van der Waals surface area contributed by atoms with Crippen molar-refractivity contribution in [2.24, 2.45) is 0 Å². The van der Waals surface area contributed by atoms with Crippen molar-refractivity contribution in [3.8, 4) is 23.6 Å². The lowest BCUT2D eigenvalue weighted by atomic mass is 10.1. The molecule has 5 aromatic rings. The molecule has 1 aromatic heterocycles. The van der Waals surface area contributed by atoms with E-state index in [1.807, 2.05) is 134 Å². The molecule has 0 saturated carbocycles. The van der Waals surface area contributed by atoms with Gasteiger partial charge in [-0.2, -0.15) is 0 Å². The summed E-state index contributed by atoms with van der Waals surface area (Å²) in [5, 5.41) is 2.42. The van der Waals surface area contributed by atoms with Crippen molar-refractivity contribution < 1.29 is 4.79 Å². The summed E-state index contributed by atoms with van der Waals surface area (Å²) in [6.45, 7) is 16.0. The monoisotopic (exact) mass is 611 g/mol. The van der Waals surface area contributed by atoms with Crippen molar-refractivity contribution in [1.82, 2.24) is 4.98 Å². The highest BCUT2D eigenvalue weighted by atomic mass is 79.9. The first-order chi connectivity index (χ1) is 20.2. The van der Waals surface area contributed by atoms with Crippen LogP contribution in [-0.2, 0) is 0 Å². The summed E-state index contributed by atoms with van der Waals surface area (Å²) < 4.78 is 0.847. The van der Waals surface area contributed by atoms with Gasteiger partial charge in [-0.1, -0.05) is 168 Å². The van der Waals surface area contributed by atoms with E-state index in [9.17, 15) is 4.79 Å². The van der Waals surface area contributed by atoms with E-state index in [0.717, 1.165) is 27.6 Å². The number of carbonyl (C=O) groups excluding carboxylic acids is 1. The van der Waals surface area contributed by atoms with Gasteiger partial charge in [0.2, 0.25) is 0 Å². The summed E-state index contributed by atoms with van der Waals surface area (Å²) in [6.07, 6.45) is 7.85. The molecule has 41 heavy (non-hydrogen) atoms. The molecule has 0 atom stereocenters. The maximum absolute atomic E-state index is 10.2. The Bertz CT molecular complexity index is 1340. The van der Waals surface area contributed by atoms with Crippen LogP contribution in [0, 0.1) is 12.3 Å². The van der Waals surface area contributed by atoms with Crippen molar-refractivity contribution >= 4 is 33.0 Å². The van der Waals surface area contributed by atoms with Crippen LogP contribution < -0.4 is 0 Å². The summed E-state index contributed by atoms with van der Waals surface area (Å²) in [7, 11) is 0. The topological polar surface area (TPSA) is 30.0 Å². The zero-order chi connectivity index (χ0) is 31.3. The van der Waals surface area contributed by atoms with E-state index in [1.54, 1.807) is 6.07 Å². The second kappa shape index (κ2) is 27.6. The Kier molecular flexibility index (Phi) is 26.3. The zero-order valence-electron chi connectivity index (χ0n) is 25.9. The summed E-state index contributed by atoms with van der Waals surface area (Å²) in [5.74, 6) is 2.53. The van der Waals surface area contributed by atoms with Crippen molar-refractivity contribution in [2.45, 2.75) is 55.4 Å². The van der Waals surface area contributed by atoms with Gasteiger partial charge in [0.05, 0.1) is 5.69 Å². The number of aldehydes is 1. The fourth-order valence-corrected chi connectivity index (χ4v) is 3.33. The lowest BCUT2D eigenvalue weighted by molar-refractivity contribution is 0.112. The van der Waals surface area contributed by atoms with Gasteiger partial charge in [0.25, 0.3) is 0 Å². The van der Waals surface area contributed by atoms with Crippen molar-refractivity contribution in [2.75, 3.05) is 0 Å². The number of hydrogen-bond donors (Lipinski definition) is 0. The van der Waals surface area contributed by atoms with Gasteiger partial charge in [0.15, 0.2) is 6.29 Å². The van der Waals surface area contributed by atoms with Crippen LogP contribution in [0.15, 0.2) is 126 Å². The van der Waals surface area contributed by atoms with Crippen LogP contribution in [0.3, 0.4) is 0 Å². The minimum Gasteiger partial charge on any atom is -0.298 e. The van der Waals surface area contributed by atoms with Gasteiger partial charge in [0.1, 0.15) is 0 Å². The second-order valence-corrected chi connectivity index (χ2v) is 7.79. The van der Waals surface area contributed by atoms with Gasteiger partial charge >= 0.3 is 0 Å². The molecule has 0 saturated heterocycles. The van der Waals surface area contributed by atoms with Gasteiger partial charge in [-0.05, 0) is 29.7 Å². The third-order valence-electron chi connectivity index (χ3n) is 4.67. The van der Waals surface area contributed by atoms with E-state index < -0.39 is 0 Å². The first-order valence-corrected chi connectivity index (χ1v) is 15.1. The predicted octanol–water partition coefficient (Wildman–Crippen LogP) is 11.9. The molecule has 0 unspecified atom stereocenters. The molecule has 0 aliphatic rings. The van der Waals surface area contributed by atoms with Crippen molar-refractivity contribution in [3.63, 3.8) is 0 Å². The highest BCUT2D eigenvalue weighted by Gasteiger charge is 1.99. The SMILES string of the molecule is C#Cc1ccccc1.CC.CC.CC.CC.O=Cc1ccccc1Br.c1ccc(-c2cc3ccccc3cn2)cc1. The average Bonchev–Trinajstić information content (AvgIpc) is 3.10. The summed E-state index contributed by atoms with van der Waals surface area (Å²) in [6, 6.07) is 37.6. The molecule has 0 radical (unpaired) electrons. The lowest BCUT2D eigenvalue weighted by Gasteiger charge is -2.02. The molecule has 216 valence electrons. The molecule has 2 nitrogen and oxygen atoms in total. The highest BCUT2D eigenvalue weighted by molar-refractivity contribution is 9.10. The standard InChI is InChI=1S/C15H11N.C8H6.C7H5BrO.4C2H6/c1-2-6-12(7-3-1)15-10-13-8-4-5-9-14(13)11-16-15;1-2-8-6-4-3-5-7-8;8-7-4-2-1-3-6(7)5-9;4*1-2/h1-11H;1,3-7H;1-5H;4*1-2H3. The van der Waals surface area contributed by atoms with Crippen LogP contribution in [-0.4, -0.2) is 11.3 Å². The smallest absolute Gasteiger partial charge is 0.151 e. The Hall–Kier alpha value is -4.00. The van der Waals surface area contributed by atoms with Crippen LogP contribution >= 0.6 is 15.9 Å². The minimum absolute atomic E-state index is 0.692. The van der Waals surface area contributed by atoms with Gasteiger partial charge < -0.3 is 0 Å². The van der Waals surface area contributed by atoms with Crippen LogP contribution in [0.5, 0.6) is 0 Å². The third-order valence-corrected chi connectivity index (χ3v) is 5.40. The van der Waals surface area contributed by atoms with E-state index in [1.165, 1.54) is 10.8 Å². The number of aromatic nitrogens is 1. The first kappa shape index (κ1) is 39.1. The number of hydrogen-bond acceptors (Lipinski definition) is 2. The van der Waals surface area contributed by atoms with Crippen molar-refractivity contribution in [1.29, 1.82) is 0 Å². The molecule has 0 fully saturated rings. The molecule has 0 aliphatic carbocycles. The van der Waals surface area contributed by atoms with E-state index >= 15 is 0 Å². The summed E-state index contributed by atoms with van der Waals surface area (Å²) >= 11 is 3.23. The largest absolute Gasteiger partial charge is 0.298 e. The lowest BCUT2D eigenvalue weighted by Crippen LogP contribution is -1.83. The van der Waals surface area contributed by atoms with Crippen molar-refractivity contribution in [3.05, 3.63) is 137 Å². The molecule has 0 spiro atoms. The van der Waals surface area contributed by atoms with Crippen LogP contribution in [0.25, 0.3) is 22.0 Å². The molecular weight excluding hydrogens is 566 g/mol. The molecule has 0 aliphatic heterocycles. The second-order valence-electron chi connectivity index (χ2n) is 6.93. The number of rotatable bonds is 2. The molecular formula is C38H46BrNO. The van der Waals surface area contributed by atoms with Crippen LogP contribution in [0.4, 0.5) is 0 Å². The maximum atomic E-state index is 10.2. The number of pyridine rings is 1. The van der Waals surface area contributed by atoms with E-state index in [2.05, 4.69) is 63.2 Å². The number of nitrogens with zero attached hydrogens (tertiary/aromatic N) is 1. The summed E-state index contributed by atoms with van der Waals surface area (Å²) in [5.41, 5.74) is 3.82. The Morgan fingerprint density at radius 2 is 1.10 bits per heavy atom. The summed E-state index contributed by atoms with van der Waals surface area (Å²) in [4.78, 5) is 14.7. The van der Waals surface area contributed by atoms with Gasteiger partial charge in [0, 0.05) is 32.7 Å². The Morgan fingerprint density at radius 1 is 0.634 bits per heavy atom. The number of halogens is 1. The molecule has 0 N–H and O–H groups in total. The third kappa shape index (κ3) is 16.0. The highest BCUT2D eigenvalue weighted by Crippen LogP contribution is 2.21. The fraction of sp³-hybridized carbons (Fsp3) is 0.211. The molecule has 1 heterocycles. The van der Waals surface area contributed by atoms with Gasteiger partial charge in [-0.15, -0.1) is 6.42 Å². The van der Waals surface area contributed by atoms with Crippen LogP contribution in [0.2, 0.25) is 0 Å². The molecule has 0 amide bonds.